The summed E-state index contributed by atoms with van der Waals surface area (Å²) in [5, 5.41) is 13.5. The van der Waals surface area contributed by atoms with Crippen molar-refractivity contribution in [1.29, 1.82) is 0 Å². The zero-order chi connectivity index (χ0) is 19.1. The van der Waals surface area contributed by atoms with Crippen LogP contribution in [0.4, 0.5) is 5.82 Å². The Morgan fingerprint density at radius 3 is 2.75 bits per heavy atom. The van der Waals surface area contributed by atoms with Gasteiger partial charge in [-0.1, -0.05) is 6.42 Å². The molecule has 1 saturated carbocycles. The van der Waals surface area contributed by atoms with Gasteiger partial charge < -0.3 is 9.80 Å². The summed E-state index contributed by atoms with van der Waals surface area (Å²) in [7, 11) is 2.17. The molecule has 150 valence electrons. The Kier molecular flexibility index (Phi) is 4.66. The average Bonchev–Trinajstić information content (AvgIpc) is 3.01. The topological polar surface area (TPSA) is 69.9 Å². The van der Waals surface area contributed by atoms with Gasteiger partial charge in [-0.2, -0.15) is 4.52 Å². The van der Waals surface area contributed by atoms with Crippen molar-refractivity contribution in [2.75, 3.05) is 44.7 Å². The minimum atomic E-state index is 0.323. The lowest BCUT2D eigenvalue weighted by Crippen LogP contribution is -2.59. The Labute approximate surface area is 165 Å². The van der Waals surface area contributed by atoms with E-state index in [4.69, 9.17) is 5.10 Å². The molecule has 2 aromatic rings. The van der Waals surface area contributed by atoms with E-state index in [1.165, 1.54) is 19.3 Å². The number of piperidine rings is 1. The summed E-state index contributed by atoms with van der Waals surface area (Å²) in [5.74, 6) is 2.86. The molecule has 2 aliphatic heterocycles. The van der Waals surface area contributed by atoms with E-state index in [0.29, 0.717) is 17.9 Å². The van der Waals surface area contributed by atoms with Gasteiger partial charge in [-0.25, -0.2) is 0 Å². The number of carbonyl (C=O) groups excluding carboxylic acids is 1. The molecular weight excluding hydrogens is 354 g/mol. The van der Waals surface area contributed by atoms with Crippen LogP contribution in [-0.2, 0) is 4.79 Å². The molecule has 0 spiro atoms. The van der Waals surface area contributed by atoms with Gasteiger partial charge in [0.05, 0.1) is 0 Å². The summed E-state index contributed by atoms with van der Waals surface area (Å²) in [6.45, 7) is 4.67. The number of fused-ring (bicyclic) bond motifs is 1. The lowest BCUT2D eigenvalue weighted by atomic mass is 9.85. The minimum Gasteiger partial charge on any atom is -0.352 e. The molecule has 8 heteroatoms. The monoisotopic (exact) mass is 383 g/mol. The lowest BCUT2D eigenvalue weighted by Gasteiger charge is -2.45. The largest absolute Gasteiger partial charge is 0.352 e. The minimum absolute atomic E-state index is 0.323. The van der Waals surface area contributed by atoms with Gasteiger partial charge >= 0.3 is 0 Å². The highest BCUT2D eigenvalue weighted by Crippen LogP contribution is 2.35. The van der Waals surface area contributed by atoms with Gasteiger partial charge in [-0.3, -0.25) is 9.69 Å². The Morgan fingerprint density at radius 2 is 2.00 bits per heavy atom. The maximum Gasteiger partial charge on any atom is 0.222 e. The normalized spacial score (nSPS) is 21.4. The van der Waals surface area contributed by atoms with Crippen molar-refractivity contribution in [3.8, 4) is 0 Å². The van der Waals surface area contributed by atoms with Crippen LogP contribution in [0.25, 0.3) is 5.65 Å². The van der Waals surface area contributed by atoms with Gasteiger partial charge in [0.15, 0.2) is 11.5 Å². The average molecular weight is 384 g/mol. The summed E-state index contributed by atoms with van der Waals surface area (Å²) in [4.78, 5) is 18.7. The fraction of sp³-hybridized carbons (Fsp3) is 0.700. The second-order valence-electron chi connectivity index (χ2n) is 8.52. The summed E-state index contributed by atoms with van der Waals surface area (Å²) in [6, 6.07) is 4.60. The first-order valence-corrected chi connectivity index (χ1v) is 10.6. The Balaban J connectivity index is 1.17. The zero-order valence-corrected chi connectivity index (χ0v) is 16.6. The number of likely N-dealkylation sites (tertiary alicyclic amines) is 1. The molecule has 1 amide bonds. The van der Waals surface area contributed by atoms with Crippen LogP contribution in [0, 0.1) is 0 Å². The van der Waals surface area contributed by atoms with Crippen molar-refractivity contribution in [2.24, 2.45) is 0 Å². The van der Waals surface area contributed by atoms with E-state index in [9.17, 15) is 4.79 Å². The van der Waals surface area contributed by atoms with E-state index in [-0.39, 0.29) is 0 Å². The fourth-order valence-corrected chi connectivity index (χ4v) is 4.37. The first-order chi connectivity index (χ1) is 13.7. The number of likely N-dealkylation sites (N-methyl/N-ethyl adjacent to an activating group) is 1. The van der Waals surface area contributed by atoms with Crippen molar-refractivity contribution >= 4 is 17.4 Å². The zero-order valence-electron chi connectivity index (χ0n) is 16.6. The molecule has 0 N–H and O–H groups in total. The molecule has 0 radical (unpaired) electrons. The maximum absolute atomic E-state index is 12.0. The predicted octanol–water partition coefficient (Wildman–Crippen LogP) is 1.52. The standard InChI is InChI=1S/C20H29N7O/c1-24(11-12-25-10-3-2-7-19(25)28)16-13-26(14-16)18-9-8-17-21-22-20(27(17)23-18)15-5-4-6-15/h8-9,15-16H,2-7,10-14H2,1H3. The Bertz CT molecular complexity index is 855. The van der Waals surface area contributed by atoms with Crippen molar-refractivity contribution in [3.05, 3.63) is 18.0 Å². The molecule has 28 heavy (non-hydrogen) atoms. The molecule has 0 unspecified atom stereocenters. The van der Waals surface area contributed by atoms with Gasteiger partial charge in [0.25, 0.3) is 0 Å². The third kappa shape index (κ3) is 3.23. The van der Waals surface area contributed by atoms with Crippen LogP contribution < -0.4 is 4.90 Å². The maximum atomic E-state index is 12.0. The number of carbonyl (C=O) groups is 1. The van der Waals surface area contributed by atoms with Crippen LogP contribution in [-0.4, -0.2) is 81.3 Å². The van der Waals surface area contributed by atoms with Crippen LogP contribution >= 0.6 is 0 Å². The second-order valence-corrected chi connectivity index (χ2v) is 8.52. The van der Waals surface area contributed by atoms with Crippen LogP contribution in [0.5, 0.6) is 0 Å². The highest BCUT2D eigenvalue weighted by atomic mass is 16.2. The highest BCUT2D eigenvalue weighted by Gasteiger charge is 2.32. The van der Waals surface area contributed by atoms with Crippen LogP contribution in [0.2, 0.25) is 0 Å². The van der Waals surface area contributed by atoms with E-state index in [2.05, 4.69) is 33.1 Å². The molecule has 5 rings (SSSR count). The van der Waals surface area contributed by atoms with E-state index in [0.717, 1.165) is 69.3 Å². The van der Waals surface area contributed by atoms with E-state index in [1.807, 2.05) is 15.5 Å². The number of anilines is 1. The molecule has 2 saturated heterocycles. The first kappa shape index (κ1) is 17.8. The highest BCUT2D eigenvalue weighted by molar-refractivity contribution is 5.76. The van der Waals surface area contributed by atoms with Crippen molar-refractivity contribution < 1.29 is 4.79 Å². The number of hydrogen-bond donors (Lipinski definition) is 0. The fourth-order valence-electron chi connectivity index (χ4n) is 4.37. The van der Waals surface area contributed by atoms with E-state index < -0.39 is 0 Å². The molecule has 3 fully saturated rings. The predicted molar refractivity (Wildman–Crippen MR) is 106 cm³/mol. The molecule has 3 aliphatic rings. The number of hydrogen-bond acceptors (Lipinski definition) is 6. The third-order valence-corrected chi connectivity index (χ3v) is 6.70. The van der Waals surface area contributed by atoms with Gasteiger partial charge in [-0.05, 0) is 44.9 Å². The number of nitrogens with zero attached hydrogens (tertiary/aromatic N) is 7. The van der Waals surface area contributed by atoms with Gasteiger partial charge in [0.1, 0.15) is 5.82 Å². The molecule has 4 heterocycles. The van der Waals surface area contributed by atoms with Crippen molar-refractivity contribution in [2.45, 2.75) is 50.5 Å². The van der Waals surface area contributed by atoms with Crippen molar-refractivity contribution in [1.82, 2.24) is 29.6 Å². The number of rotatable bonds is 6. The first-order valence-electron chi connectivity index (χ1n) is 10.6. The van der Waals surface area contributed by atoms with Gasteiger partial charge in [-0.15, -0.1) is 15.3 Å². The Hall–Kier alpha value is -2.22. The molecular formula is C20H29N7O. The van der Waals surface area contributed by atoms with Crippen LogP contribution in [0.15, 0.2) is 12.1 Å². The molecule has 0 bridgehead atoms. The van der Waals surface area contributed by atoms with Crippen molar-refractivity contribution in [3.63, 3.8) is 0 Å². The summed E-state index contributed by atoms with van der Waals surface area (Å²) < 4.78 is 1.94. The summed E-state index contributed by atoms with van der Waals surface area (Å²) >= 11 is 0. The number of amides is 1. The van der Waals surface area contributed by atoms with E-state index in [1.54, 1.807) is 0 Å². The third-order valence-electron chi connectivity index (χ3n) is 6.70. The molecule has 0 aromatic carbocycles. The Morgan fingerprint density at radius 1 is 1.14 bits per heavy atom. The van der Waals surface area contributed by atoms with Gasteiger partial charge in [0.2, 0.25) is 5.91 Å². The summed E-state index contributed by atoms with van der Waals surface area (Å²) in [6.07, 6.45) is 6.59. The lowest BCUT2D eigenvalue weighted by molar-refractivity contribution is -0.133. The van der Waals surface area contributed by atoms with Crippen LogP contribution in [0.1, 0.15) is 50.3 Å². The summed E-state index contributed by atoms with van der Waals surface area (Å²) in [5.41, 5.74) is 0.839. The molecule has 1 aliphatic carbocycles. The molecule has 8 nitrogen and oxygen atoms in total. The quantitative estimate of drug-likeness (QED) is 0.753. The molecule has 0 atom stereocenters. The van der Waals surface area contributed by atoms with Gasteiger partial charge in [0, 0.05) is 51.1 Å². The molecule has 2 aromatic heterocycles. The second kappa shape index (κ2) is 7.31. The van der Waals surface area contributed by atoms with Crippen LogP contribution in [0.3, 0.4) is 0 Å². The van der Waals surface area contributed by atoms with E-state index >= 15 is 0 Å². The SMILES string of the molecule is CN(CCN1CCCCC1=O)C1CN(c2ccc3nnc(C4CCC4)n3n2)C1. The smallest absolute Gasteiger partial charge is 0.222 e. The number of aromatic nitrogens is 4.